The predicted molar refractivity (Wildman–Crippen MR) is 74.0 cm³/mol. The van der Waals surface area contributed by atoms with Crippen molar-refractivity contribution in [3.63, 3.8) is 0 Å². The maximum Gasteiger partial charge on any atom is 0.0125 e. The van der Waals surface area contributed by atoms with Crippen molar-refractivity contribution in [1.82, 2.24) is 10.6 Å². The molecule has 0 atom stereocenters. The summed E-state index contributed by atoms with van der Waals surface area (Å²) in [5, 5.41) is 7.22. The summed E-state index contributed by atoms with van der Waals surface area (Å²) in [6.45, 7) is 15.9. The molecule has 0 heterocycles. The Labute approximate surface area is 103 Å². The number of rotatable bonds is 9. The third-order valence-electron chi connectivity index (χ3n) is 3.08. The molecule has 2 N–H and O–H groups in total. The Balaban J connectivity index is 3.91. The molecule has 0 saturated carbocycles. The van der Waals surface area contributed by atoms with Crippen molar-refractivity contribution in [2.45, 2.75) is 78.3 Å². The average Bonchev–Trinajstić information content (AvgIpc) is 2.22. The molecule has 0 fully saturated rings. The lowest BCUT2D eigenvalue weighted by atomic mass is 9.89. The molecule has 0 aromatic rings. The van der Waals surface area contributed by atoms with Crippen LogP contribution in [0.3, 0.4) is 0 Å². The highest BCUT2D eigenvalue weighted by Gasteiger charge is 2.22. The first kappa shape index (κ1) is 15.9. The van der Waals surface area contributed by atoms with Crippen LogP contribution in [-0.4, -0.2) is 24.2 Å². The van der Waals surface area contributed by atoms with Gasteiger partial charge in [0.25, 0.3) is 0 Å². The molecule has 0 spiro atoms. The minimum Gasteiger partial charge on any atom is -0.312 e. The normalized spacial score (nSPS) is 13.1. The van der Waals surface area contributed by atoms with Crippen LogP contribution in [0.5, 0.6) is 0 Å². The highest BCUT2D eigenvalue weighted by molar-refractivity contribution is 4.84. The minimum atomic E-state index is 0.265. The lowest BCUT2D eigenvalue weighted by Gasteiger charge is -2.33. The zero-order valence-electron chi connectivity index (χ0n) is 12.2. The Morgan fingerprint density at radius 3 is 1.25 bits per heavy atom. The second-order valence-electron chi connectivity index (χ2n) is 6.12. The fourth-order valence-electron chi connectivity index (χ4n) is 1.73. The van der Waals surface area contributed by atoms with Crippen LogP contribution in [0.1, 0.15) is 67.2 Å². The Hall–Kier alpha value is -0.0800. The highest BCUT2D eigenvalue weighted by Crippen LogP contribution is 2.19. The Bertz CT molecular complexity index is 154. The standard InChI is InChI=1S/C14H32N2/c1-7-11-15-13(3,4)9-10-14(5,6)16-12-8-2/h15-16H,7-12H2,1-6H3. The van der Waals surface area contributed by atoms with Gasteiger partial charge in [-0.25, -0.2) is 0 Å². The summed E-state index contributed by atoms with van der Waals surface area (Å²) in [7, 11) is 0. The zero-order valence-corrected chi connectivity index (χ0v) is 12.2. The molecule has 0 aliphatic carbocycles. The lowest BCUT2D eigenvalue weighted by Crippen LogP contribution is -2.45. The second-order valence-corrected chi connectivity index (χ2v) is 6.12. The SMILES string of the molecule is CCCNC(C)(C)CCC(C)(C)NCCC. The first-order chi connectivity index (χ1) is 7.33. The largest absolute Gasteiger partial charge is 0.312 e. The molecule has 98 valence electrons. The van der Waals surface area contributed by atoms with E-state index in [-0.39, 0.29) is 11.1 Å². The van der Waals surface area contributed by atoms with E-state index in [0.29, 0.717) is 0 Å². The molecule has 0 aromatic heterocycles. The van der Waals surface area contributed by atoms with Gasteiger partial charge in [-0.1, -0.05) is 13.8 Å². The lowest BCUT2D eigenvalue weighted by molar-refractivity contribution is 0.282. The summed E-state index contributed by atoms with van der Waals surface area (Å²) in [6, 6.07) is 0. The van der Waals surface area contributed by atoms with Crippen LogP contribution >= 0.6 is 0 Å². The van der Waals surface area contributed by atoms with Crippen molar-refractivity contribution in [1.29, 1.82) is 0 Å². The van der Waals surface area contributed by atoms with Crippen LogP contribution in [0.15, 0.2) is 0 Å². The van der Waals surface area contributed by atoms with Crippen LogP contribution in [0, 0.1) is 0 Å². The van der Waals surface area contributed by atoms with Gasteiger partial charge >= 0.3 is 0 Å². The maximum absolute atomic E-state index is 3.61. The molecule has 0 aromatic carbocycles. The molecule has 0 saturated heterocycles. The van der Waals surface area contributed by atoms with E-state index in [1.54, 1.807) is 0 Å². The van der Waals surface area contributed by atoms with Gasteiger partial charge in [-0.2, -0.15) is 0 Å². The van der Waals surface area contributed by atoms with Crippen molar-refractivity contribution >= 4 is 0 Å². The van der Waals surface area contributed by atoms with Crippen molar-refractivity contribution in [2.75, 3.05) is 13.1 Å². The molecular formula is C14H32N2. The van der Waals surface area contributed by atoms with Crippen LogP contribution in [0.25, 0.3) is 0 Å². The van der Waals surface area contributed by atoms with E-state index < -0.39 is 0 Å². The van der Waals surface area contributed by atoms with E-state index in [2.05, 4.69) is 52.2 Å². The molecule has 0 rings (SSSR count). The maximum atomic E-state index is 3.61. The van der Waals surface area contributed by atoms with Gasteiger partial charge in [0.15, 0.2) is 0 Å². The first-order valence-corrected chi connectivity index (χ1v) is 6.83. The van der Waals surface area contributed by atoms with Crippen molar-refractivity contribution in [2.24, 2.45) is 0 Å². The number of nitrogens with one attached hydrogen (secondary N) is 2. The van der Waals surface area contributed by atoms with Crippen LogP contribution in [0.4, 0.5) is 0 Å². The molecule has 0 radical (unpaired) electrons. The van der Waals surface area contributed by atoms with Crippen molar-refractivity contribution in [3.05, 3.63) is 0 Å². The molecule has 2 nitrogen and oxygen atoms in total. The molecule has 0 amide bonds. The summed E-state index contributed by atoms with van der Waals surface area (Å²) >= 11 is 0. The molecule has 0 aliphatic rings. The molecule has 2 heteroatoms. The summed E-state index contributed by atoms with van der Waals surface area (Å²) in [5.41, 5.74) is 0.530. The van der Waals surface area contributed by atoms with Crippen LogP contribution in [-0.2, 0) is 0 Å². The molecule has 0 unspecified atom stereocenters. The molecule has 0 bridgehead atoms. The summed E-state index contributed by atoms with van der Waals surface area (Å²) in [6.07, 6.45) is 4.86. The Morgan fingerprint density at radius 2 is 1.00 bits per heavy atom. The third-order valence-corrected chi connectivity index (χ3v) is 3.08. The number of hydrogen-bond acceptors (Lipinski definition) is 2. The van der Waals surface area contributed by atoms with Crippen LogP contribution < -0.4 is 10.6 Å². The van der Waals surface area contributed by atoms with Crippen LogP contribution in [0.2, 0.25) is 0 Å². The summed E-state index contributed by atoms with van der Waals surface area (Å²) in [5.74, 6) is 0. The fourth-order valence-corrected chi connectivity index (χ4v) is 1.73. The van der Waals surface area contributed by atoms with Gasteiger partial charge in [-0.3, -0.25) is 0 Å². The average molecular weight is 228 g/mol. The fraction of sp³-hybridized carbons (Fsp3) is 1.00. The van der Waals surface area contributed by atoms with Gasteiger partial charge in [0.1, 0.15) is 0 Å². The predicted octanol–water partition coefficient (Wildman–Crippen LogP) is 3.32. The van der Waals surface area contributed by atoms with E-state index in [4.69, 9.17) is 0 Å². The molecule has 16 heavy (non-hydrogen) atoms. The van der Waals surface area contributed by atoms with Gasteiger partial charge in [-0.15, -0.1) is 0 Å². The van der Waals surface area contributed by atoms with E-state index in [1.165, 1.54) is 25.7 Å². The van der Waals surface area contributed by atoms with E-state index >= 15 is 0 Å². The van der Waals surface area contributed by atoms with E-state index in [9.17, 15) is 0 Å². The van der Waals surface area contributed by atoms with Crippen molar-refractivity contribution in [3.8, 4) is 0 Å². The Kier molecular flexibility index (Phi) is 7.25. The Morgan fingerprint density at radius 1 is 0.688 bits per heavy atom. The second kappa shape index (κ2) is 7.29. The minimum absolute atomic E-state index is 0.265. The van der Waals surface area contributed by atoms with E-state index in [0.717, 1.165) is 13.1 Å². The van der Waals surface area contributed by atoms with Gasteiger partial charge in [-0.05, 0) is 66.5 Å². The quantitative estimate of drug-likeness (QED) is 0.632. The highest BCUT2D eigenvalue weighted by atomic mass is 15.0. The molecule has 0 aliphatic heterocycles. The third kappa shape index (κ3) is 8.12. The zero-order chi connectivity index (χ0) is 12.7. The van der Waals surface area contributed by atoms with Gasteiger partial charge in [0.05, 0.1) is 0 Å². The van der Waals surface area contributed by atoms with Gasteiger partial charge in [0.2, 0.25) is 0 Å². The monoisotopic (exact) mass is 228 g/mol. The topological polar surface area (TPSA) is 24.1 Å². The van der Waals surface area contributed by atoms with Crippen molar-refractivity contribution < 1.29 is 0 Å². The van der Waals surface area contributed by atoms with Gasteiger partial charge < -0.3 is 10.6 Å². The summed E-state index contributed by atoms with van der Waals surface area (Å²) in [4.78, 5) is 0. The first-order valence-electron chi connectivity index (χ1n) is 6.83. The number of hydrogen-bond donors (Lipinski definition) is 2. The smallest absolute Gasteiger partial charge is 0.0125 e. The summed E-state index contributed by atoms with van der Waals surface area (Å²) < 4.78 is 0. The van der Waals surface area contributed by atoms with Gasteiger partial charge in [0, 0.05) is 11.1 Å². The molecular weight excluding hydrogens is 196 g/mol. The van der Waals surface area contributed by atoms with E-state index in [1.807, 2.05) is 0 Å².